The number of amides is 1. The van der Waals surface area contributed by atoms with Crippen LogP contribution in [-0.2, 0) is 11.3 Å². The number of benzene rings is 1. The van der Waals surface area contributed by atoms with Crippen molar-refractivity contribution < 1.29 is 4.79 Å². The van der Waals surface area contributed by atoms with E-state index in [1.165, 1.54) is 10.6 Å². The lowest BCUT2D eigenvalue weighted by molar-refractivity contribution is -0.116. The fraction of sp³-hybridized carbons (Fsp3) is 0.0769. The van der Waals surface area contributed by atoms with E-state index in [0.29, 0.717) is 10.7 Å². The predicted octanol–water partition coefficient (Wildman–Crippen LogP) is 2.14. The summed E-state index contributed by atoms with van der Waals surface area (Å²) in [6.07, 6.45) is 1.56. The van der Waals surface area contributed by atoms with Gasteiger partial charge < -0.3 is 9.88 Å². The van der Waals surface area contributed by atoms with Crippen molar-refractivity contribution in [2.24, 2.45) is 0 Å². The van der Waals surface area contributed by atoms with Crippen LogP contribution in [0.4, 0.5) is 5.69 Å². The van der Waals surface area contributed by atoms with E-state index in [2.05, 4.69) is 5.32 Å². The Morgan fingerprint density at radius 3 is 2.61 bits per heavy atom. The van der Waals surface area contributed by atoms with E-state index in [1.54, 1.807) is 42.6 Å². The summed E-state index contributed by atoms with van der Waals surface area (Å²) in [4.78, 5) is 23.2. The molecule has 18 heavy (non-hydrogen) atoms. The Bertz CT molecular complexity index is 622. The summed E-state index contributed by atoms with van der Waals surface area (Å²) in [5, 5.41) is 3.12. The minimum absolute atomic E-state index is 0.0368. The van der Waals surface area contributed by atoms with Gasteiger partial charge in [-0.2, -0.15) is 0 Å². The number of halogens is 1. The van der Waals surface area contributed by atoms with Crippen molar-refractivity contribution in [2.45, 2.75) is 6.54 Å². The van der Waals surface area contributed by atoms with E-state index in [-0.39, 0.29) is 18.0 Å². The molecule has 0 radical (unpaired) electrons. The average Bonchev–Trinajstić information content (AvgIpc) is 2.35. The number of carbonyl (C=O) groups is 1. The van der Waals surface area contributed by atoms with Crippen LogP contribution in [0, 0.1) is 0 Å². The van der Waals surface area contributed by atoms with Crippen molar-refractivity contribution in [1.82, 2.24) is 4.57 Å². The Balaban J connectivity index is 2.09. The summed E-state index contributed by atoms with van der Waals surface area (Å²) in [6, 6.07) is 11.7. The minimum atomic E-state index is -0.295. The van der Waals surface area contributed by atoms with Crippen LogP contribution >= 0.6 is 11.6 Å². The number of nitrogens with one attached hydrogen (secondary N) is 1. The van der Waals surface area contributed by atoms with E-state index in [4.69, 9.17) is 11.6 Å². The van der Waals surface area contributed by atoms with Crippen molar-refractivity contribution in [2.75, 3.05) is 5.32 Å². The average molecular weight is 263 g/mol. The van der Waals surface area contributed by atoms with E-state index < -0.39 is 0 Å². The lowest BCUT2D eigenvalue weighted by atomic mass is 10.3. The number of hydrogen-bond donors (Lipinski definition) is 1. The van der Waals surface area contributed by atoms with Gasteiger partial charge in [-0.3, -0.25) is 9.59 Å². The molecule has 0 bridgehead atoms. The molecule has 1 aromatic carbocycles. The topological polar surface area (TPSA) is 51.1 Å². The van der Waals surface area contributed by atoms with Crippen molar-refractivity contribution in [3.63, 3.8) is 0 Å². The molecule has 0 aliphatic rings. The molecular formula is C13H11ClN2O2. The molecule has 1 N–H and O–H groups in total. The van der Waals surface area contributed by atoms with Gasteiger partial charge in [0.25, 0.3) is 5.56 Å². The maximum atomic E-state index is 11.8. The lowest BCUT2D eigenvalue weighted by Crippen LogP contribution is -2.26. The maximum Gasteiger partial charge on any atom is 0.250 e. The largest absolute Gasteiger partial charge is 0.323 e. The normalized spacial score (nSPS) is 10.1. The van der Waals surface area contributed by atoms with Gasteiger partial charge in [-0.15, -0.1) is 0 Å². The van der Waals surface area contributed by atoms with Gasteiger partial charge in [0.2, 0.25) is 5.91 Å². The molecule has 0 spiro atoms. The summed E-state index contributed by atoms with van der Waals surface area (Å²) in [6.45, 7) is -0.0368. The van der Waals surface area contributed by atoms with Crippen molar-refractivity contribution >= 4 is 23.2 Å². The van der Waals surface area contributed by atoms with E-state index >= 15 is 0 Å². The molecule has 0 aliphatic heterocycles. The number of para-hydroxylation sites is 1. The number of carbonyl (C=O) groups excluding carboxylic acids is 1. The highest BCUT2D eigenvalue weighted by atomic mass is 35.5. The zero-order chi connectivity index (χ0) is 13.0. The van der Waals surface area contributed by atoms with Crippen molar-refractivity contribution in [3.05, 3.63) is 64.0 Å². The summed E-state index contributed by atoms with van der Waals surface area (Å²) < 4.78 is 1.33. The van der Waals surface area contributed by atoms with E-state index in [9.17, 15) is 9.59 Å². The van der Waals surface area contributed by atoms with Crippen molar-refractivity contribution in [1.29, 1.82) is 0 Å². The molecule has 2 rings (SSSR count). The number of nitrogens with zero attached hydrogens (tertiary/aromatic N) is 1. The Morgan fingerprint density at radius 2 is 1.89 bits per heavy atom. The third kappa shape index (κ3) is 2.99. The van der Waals surface area contributed by atoms with Crippen LogP contribution in [-0.4, -0.2) is 10.5 Å². The van der Waals surface area contributed by atoms with Gasteiger partial charge in [-0.05, 0) is 18.2 Å². The molecule has 0 unspecified atom stereocenters. The van der Waals surface area contributed by atoms with Crippen LogP contribution in [0.5, 0.6) is 0 Å². The van der Waals surface area contributed by atoms with E-state index in [1.807, 2.05) is 0 Å². The van der Waals surface area contributed by atoms with Crippen LogP contribution in [0.1, 0.15) is 0 Å². The molecule has 1 heterocycles. The first kappa shape index (κ1) is 12.4. The van der Waals surface area contributed by atoms with Gasteiger partial charge in [-0.25, -0.2) is 0 Å². The van der Waals surface area contributed by atoms with Gasteiger partial charge in [0, 0.05) is 12.3 Å². The molecule has 5 heteroatoms. The molecule has 0 aliphatic carbocycles. The molecule has 92 valence electrons. The second kappa shape index (κ2) is 5.51. The van der Waals surface area contributed by atoms with Crippen LogP contribution in [0.25, 0.3) is 0 Å². The molecule has 1 aromatic heterocycles. The van der Waals surface area contributed by atoms with Crippen LogP contribution in [0.15, 0.2) is 53.5 Å². The maximum absolute atomic E-state index is 11.8. The molecule has 0 fully saturated rings. The quantitative estimate of drug-likeness (QED) is 0.921. The Hall–Kier alpha value is -2.07. The molecule has 4 nitrogen and oxygen atoms in total. The van der Waals surface area contributed by atoms with Crippen LogP contribution < -0.4 is 10.9 Å². The zero-order valence-electron chi connectivity index (χ0n) is 9.47. The number of pyridine rings is 1. The summed E-state index contributed by atoms with van der Waals surface area (Å²) in [5.74, 6) is -0.295. The molecular weight excluding hydrogens is 252 g/mol. The van der Waals surface area contributed by atoms with Gasteiger partial charge in [0.1, 0.15) is 6.54 Å². The highest BCUT2D eigenvalue weighted by molar-refractivity contribution is 6.33. The van der Waals surface area contributed by atoms with Gasteiger partial charge in [-0.1, -0.05) is 29.8 Å². The second-order valence-corrected chi connectivity index (χ2v) is 4.10. The number of hydrogen-bond acceptors (Lipinski definition) is 2. The minimum Gasteiger partial charge on any atom is -0.323 e. The fourth-order valence-electron chi connectivity index (χ4n) is 1.50. The third-order valence-electron chi connectivity index (χ3n) is 2.36. The Morgan fingerprint density at radius 1 is 1.17 bits per heavy atom. The van der Waals surface area contributed by atoms with Gasteiger partial charge >= 0.3 is 0 Å². The van der Waals surface area contributed by atoms with E-state index in [0.717, 1.165) is 0 Å². The third-order valence-corrected chi connectivity index (χ3v) is 2.69. The summed E-state index contributed by atoms with van der Waals surface area (Å²) in [5.41, 5.74) is 0.319. The first-order chi connectivity index (χ1) is 8.66. The summed E-state index contributed by atoms with van der Waals surface area (Å²) >= 11 is 5.92. The first-order valence-corrected chi connectivity index (χ1v) is 5.74. The standard InChI is InChI=1S/C13H11ClN2O2/c14-10-5-1-2-6-11(10)15-12(17)9-16-8-4-3-7-13(16)18/h1-8H,9H2,(H,15,17). The molecule has 0 saturated carbocycles. The molecule has 0 atom stereocenters. The molecule has 1 amide bonds. The Kier molecular flexibility index (Phi) is 3.79. The van der Waals surface area contributed by atoms with Crippen molar-refractivity contribution in [3.8, 4) is 0 Å². The Labute approximate surface area is 109 Å². The zero-order valence-corrected chi connectivity index (χ0v) is 10.2. The second-order valence-electron chi connectivity index (χ2n) is 3.69. The van der Waals surface area contributed by atoms with Gasteiger partial charge in [0.05, 0.1) is 10.7 Å². The number of aromatic nitrogens is 1. The van der Waals surface area contributed by atoms with Gasteiger partial charge in [0.15, 0.2) is 0 Å². The van der Waals surface area contributed by atoms with Crippen LogP contribution in [0.2, 0.25) is 5.02 Å². The lowest BCUT2D eigenvalue weighted by Gasteiger charge is -2.08. The number of rotatable bonds is 3. The highest BCUT2D eigenvalue weighted by Gasteiger charge is 2.06. The SMILES string of the molecule is O=C(Cn1ccccc1=O)Nc1ccccc1Cl. The smallest absolute Gasteiger partial charge is 0.250 e. The number of anilines is 1. The molecule has 0 saturated heterocycles. The van der Waals surface area contributed by atoms with Crippen LogP contribution in [0.3, 0.4) is 0 Å². The summed E-state index contributed by atoms with van der Waals surface area (Å²) in [7, 11) is 0. The monoisotopic (exact) mass is 262 g/mol. The fourth-order valence-corrected chi connectivity index (χ4v) is 1.68. The first-order valence-electron chi connectivity index (χ1n) is 5.36. The predicted molar refractivity (Wildman–Crippen MR) is 70.8 cm³/mol. The highest BCUT2D eigenvalue weighted by Crippen LogP contribution is 2.20. The molecule has 2 aromatic rings.